The van der Waals surface area contributed by atoms with E-state index in [0.717, 1.165) is 11.1 Å². The number of hydrogen-bond donors (Lipinski definition) is 3. The summed E-state index contributed by atoms with van der Waals surface area (Å²) >= 11 is 0. The number of aliphatic hydroxyl groups excluding tert-OH is 1. The molecule has 1 amide bonds. The number of carbonyl (C=O) groups excluding carboxylic acids is 2. The summed E-state index contributed by atoms with van der Waals surface area (Å²) in [5.74, 6) is -1.000. The summed E-state index contributed by atoms with van der Waals surface area (Å²) in [7, 11) is 0. The molecule has 2 aromatic rings. The number of aryl methyl sites for hydroxylation is 2. The lowest BCUT2D eigenvalue weighted by atomic mass is 10.1. The molecule has 0 radical (unpaired) electrons. The number of para-hydroxylation sites is 1. The highest BCUT2D eigenvalue weighted by Gasteiger charge is 2.14. The van der Waals surface area contributed by atoms with Gasteiger partial charge in [0.1, 0.15) is 0 Å². The van der Waals surface area contributed by atoms with Crippen LogP contribution in [0.25, 0.3) is 0 Å². The van der Waals surface area contributed by atoms with Crippen molar-refractivity contribution in [2.24, 2.45) is 0 Å². The van der Waals surface area contributed by atoms with E-state index in [0.29, 0.717) is 23.5 Å². The van der Waals surface area contributed by atoms with Gasteiger partial charge in [-0.05, 0) is 43.2 Å². The molecule has 0 aromatic heterocycles. The Labute approximate surface area is 146 Å². The van der Waals surface area contributed by atoms with Gasteiger partial charge in [0.15, 0.2) is 6.61 Å². The third kappa shape index (κ3) is 5.32. The van der Waals surface area contributed by atoms with E-state index in [9.17, 15) is 9.59 Å². The molecule has 6 nitrogen and oxygen atoms in total. The number of benzene rings is 2. The Balaban J connectivity index is 1.95. The minimum absolute atomic E-state index is 0.0539. The lowest BCUT2D eigenvalue weighted by Crippen LogP contribution is -2.22. The van der Waals surface area contributed by atoms with Crippen LogP contribution in [0.3, 0.4) is 0 Å². The Kier molecular flexibility index (Phi) is 6.54. The number of hydrogen-bond acceptors (Lipinski definition) is 5. The summed E-state index contributed by atoms with van der Waals surface area (Å²) in [6, 6.07) is 12.5. The van der Waals surface area contributed by atoms with Crippen molar-refractivity contribution in [2.75, 3.05) is 30.4 Å². The lowest BCUT2D eigenvalue weighted by Gasteiger charge is -2.12. The van der Waals surface area contributed by atoms with Crippen LogP contribution < -0.4 is 10.6 Å². The van der Waals surface area contributed by atoms with Crippen LogP contribution in [0.15, 0.2) is 42.5 Å². The molecule has 2 aromatic carbocycles. The minimum atomic E-state index is -0.600. The third-order valence-corrected chi connectivity index (χ3v) is 3.58. The first kappa shape index (κ1) is 18.5. The van der Waals surface area contributed by atoms with Crippen molar-refractivity contribution in [3.8, 4) is 0 Å². The zero-order valence-corrected chi connectivity index (χ0v) is 14.3. The van der Waals surface area contributed by atoms with E-state index in [1.165, 1.54) is 0 Å². The van der Waals surface area contributed by atoms with Gasteiger partial charge >= 0.3 is 5.97 Å². The molecule has 0 aliphatic heterocycles. The number of anilines is 2. The average Bonchev–Trinajstić information content (AvgIpc) is 2.61. The van der Waals surface area contributed by atoms with Gasteiger partial charge in [-0.25, -0.2) is 4.79 Å². The predicted octanol–water partition coefficient (Wildman–Crippen LogP) is 2.50. The highest BCUT2D eigenvalue weighted by Crippen LogP contribution is 2.17. The molecule has 0 spiro atoms. The molecule has 3 N–H and O–H groups in total. The minimum Gasteiger partial charge on any atom is -0.452 e. The molecular weight excluding hydrogens is 320 g/mol. The van der Waals surface area contributed by atoms with E-state index in [1.54, 1.807) is 24.3 Å². The summed E-state index contributed by atoms with van der Waals surface area (Å²) in [4.78, 5) is 24.2. The first-order valence-electron chi connectivity index (χ1n) is 7.99. The molecule has 2 rings (SSSR count). The lowest BCUT2D eigenvalue weighted by molar-refractivity contribution is -0.119. The van der Waals surface area contributed by atoms with Crippen molar-refractivity contribution in [3.63, 3.8) is 0 Å². The first-order chi connectivity index (χ1) is 12.0. The van der Waals surface area contributed by atoms with Crippen LogP contribution in [0.2, 0.25) is 0 Å². The van der Waals surface area contributed by atoms with Crippen LogP contribution in [0.5, 0.6) is 0 Å². The Hall–Kier alpha value is -2.86. The smallest absolute Gasteiger partial charge is 0.340 e. The van der Waals surface area contributed by atoms with Gasteiger partial charge in [0.05, 0.1) is 12.2 Å². The number of ether oxygens (including phenoxy) is 1. The second kappa shape index (κ2) is 8.84. The maximum Gasteiger partial charge on any atom is 0.340 e. The predicted molar refractivity (Wildman–Crippen MR) is 96.8 cm³/mol. The summed E-state index contributed by atoms with van der Waals surface area (Å²) in [5.41, 5.74) is 3.53. The van der Waals surface area contributed by atoms with E-state index in [4.69, 9.17) is 9.84 Å². The third-order valence-electron chi connectivity index (χ3n) is 3.58. The molecule has 0 atom stereocenters. The molecule has 0 fully saturated rings. The van der Waals surface area contributed by atoms with Gasteiger partial charge in [0.25, 0.3) is 5.91 Å². The fraction of sp³-hybridized carbons (Fsp3) is 0.263. The van der Waals surface area contributed by atoms with E-state index in [2.05, 4.69) is 10.6 Å². The number of rotatable bonds is 7. The van der Waals surface area contributed by atoms with Gasteiger partial charge in [-0.3, -0.25) is 4.79 Å². The zero-order valence-electron chi connectivity index (χ0n) is 14.3. The van der Waals surface area contributed by atoms with Gasteiger partial charge in [0, 0.05) is 17.9 Å². The standard InChI is InChI=1S/C19H22N2O4/c1-13-7-8-14(2)17(11-13)21-18(23)12-25-19(24)15-5-3-4-6-16(15)20-9-10-22/h3-8,11,20,22H,9-10,12H2,1-2H3,(H,21,23). The van der Waals surface area contributed by atoms with Crippen LogP contribution in [-0.4, -0.2) is 36.7 Å². The van der Waals surface area contributed by atoms with E-state index in [1.807, 2.05) is 32.0 Å². The number of aliphatic hydroxyl groups is 1. The Bertz CT molecular complexity index is 759. The molecule has 132 valence electrons. The van der Waals surface area contributed by atoms with Crippen molar-refractivity contribution in [1.82, 2.24) is 0 Å². The fourth-order valence-electron chi connectivity index (χ4n) is 2.27. The molecule has 0 saturated heterocycles. The molecule has 0 unspecified atom stereocenters. The van der Waals surface area contributed by atoms with Crippen LogP contribution in [0.1, 0.15) is 21.5 Å². The van der Waals surface area contributed by atoms with E-state index >= 15 is 0 Å². The molecule has 25 heavy (non-hydrogen) atoms. The second-order valence-electron chi connectivity index (χ2n) is 5.64. The number of nitrogens with one attached hydrogen (secondary N) is 2. The summed E-state index contributed by atoms with van der Waals surface area (Å²) in [6.45, 7) is 3.72. The molecule has 0 bridgehead atoms. The van der Waals surface area contributed by atoms with Crippen molar-refractivity contribution in [2.45, 2.75) is 13.8 Å². The summed E-state index contributed by atoms with van der Waals surface area (Å²) in [5, 5.41) is 14.6. The van der Waals surface area contributed by atoms with Crippen LogP contribution in [-0.2, 0) is 9.53 Å². The molecule has 0 aliphatic carbocycles. The molecule has 6 heteroatoms. The Morgan fingerprint density at radius 3 is 2.60 bits per heavy atom. The number of esters is 1. The largest absolute Gasteiger partial charge is 0.452 e. The van der Waals surface area contributed by atoms with Crippen molar-refractivity contribution in [1.29, 1.82) is 0 Å². The van der Waals surface area contributed by atoms with E-state index in [-0.39, 0.29) is 13.2 Å². The molecule has 0 heterocycles. The van der Waals surface area contributed by atoms with Gasteiger partial charge < -0.3 is 20.5 Å². The number of carbonyl (C=O) groups is 2. The van der Waals surface area contributed by atoms with Crippen LogP contribution in [0, 0.1) is 13.8 Å². The highest BCUT2D eigenvalue weighted by atomic mass is 16.5. The molecule has 0 aliphatic rings. The SMILES string of the molecule is Cc1ccc(C)c(NC(=O)COC(=O)c2ccccc2NCCO)c1. The first-order valence-corrected chi connectivity index (χ1v) is 7.99. The Morgan fingerprint density at radius 2 is 1.84 bits per heavy atom. The summed E-state index contributed by atoms with van der Waals surface area (Å²) < 4.78 is 5.10. The van der Waals surface area contributed by atoms with Crippen LogP contribution >= 0.6 is 0 Å². The van der Waals surface area contributed by atoms with Crippen molar-refractivity contribution < 1.29 is 19.4 Å². The highest BCUT2D eigenvalue weighted by molar-refractivity contribution is 5.98. The van der Waals surface area contributed by atoms with Crippen LogP contribution in [0.4, 0.5) is 11.4 Å². The maximum atomic E-state index is 12.2. The topological polar surface area (TPSA) is 87.7 Å². The fourth-order valence-corrected chi connectivity index (χ4v) is 2.27. The Morgan fingerprint density at radius 1 is 1.08 bits per heavy atom. The maximum absolute atomic E-state index is 12.2. The number of amides is 1. The monoisotopic (exact) mass is 342 g/mol. The molecule has 0 saturated carbocycles. The average molecular weight is 342 g/mol. The van der Waals surface area contributed by atoms with Gasteiger partial charge in [-0.1, -0.05) is 24.3 Å². The second-order valence-corrected chi connectivity index (χ2v) is 5.64. The normalized spacial score (nSPS) is 10.2. The molecular formula is C19H22N2O4. The van der Waals surface area contributed by atoms with Crippen molar-refractivity contribution in [3.05, 3.63) is 59.2 Å². The van der Waals surface area contributed by atoms with Gasteiger partial charge in [-0.2, -0.15) is 0 Å². The zero-order chi connectivity index (χ0) is 18.2. The summed E-state index contributed by atoms with van der Waals surface area (Å²) in [6.07, 6.45) is 0. The van der Waals surface area contributed by atoms with E-state index < -0.39 is 11.9 Å². The quantitative estimate of drug-likeness (QED) is 0.673. The van der Waals surface area contributed by atoms with Crippen molar-refractivity contribution >= 4 is 23.3 Å². The van der Waals surface area contributed by atoms with Gasteiger partial charge in [0.2, 0.25) is 0 Å². The van der Waals surface area contributed by atoms with Gasteiger partial charge in [-0.15, -0.1) is 0 Å².